The van der Waals surface area contributed by atoms with Gasteiger partial charge in [-0.2, -0.15) is 16.1 Å². The zero-order chi connectivity index (χ0) is 20.0. The molecule has 0 spiro atoms. The molecule has 1 aromatic rings. The number of nitrogens with zero attached hydrogens (tertiary/aromatic N) is 1. The Morgan fingerprint density at radius 2 is 1.54 bits per heavy atom. The van der Waals surface area contributed by atoms with Crippen LogP contribution in [0.4, 0.5) is 0 Å². The van der Waals surface area contributed by atoms with Gasteiger partial charge in [-0.25, -0.2) is 13.9 Å². The van der Waals surface area contributed by atoms with Crippen LogP contribution in [0.1, 0.15) is 41.7 Å². The summed E-state index contributed by atoms with van der Waals surface area (Å²) in [7, 11) is -3.91. The maximum Gasteiger partial charge on any atom is 0.263 e. The molecule has 2 rings (SSSR count). The molecule has 1 atom stereocenters. The topological polar surface area (TPSA) is 86.7 Å². The van der Waals surface area contributed by atoms with Crippen molar-refractivity contribution in [3.05, 3.63) is 27.8 Å². The Morgan fingerprint density at radius 3 is 2.00 bits per heavy atom. The number of carbonyl (C=O) groups is 1. The Hall–Kier alpha value is -1.09. The normalized spacial score (nSPS) is 20.8. The lowest BCUT2D eigenvalue weighted by atomic mass is 9.95. The number of thioether (sulfide) groups is 1. The van der Waals surface area contributed by atoms with Gasteiger partial charge in [0, 0.05) is 17.0 Å². The zero-order valence-corrected chi connectivity index (χ0v) is 18.1. The first-order chi connectivity index (χ1) is 11.9. The summed E-state index contributed by atoms with van der Waals surface area (Å²) in [6.07, 6.45) is 0. The van der Waals surface area contributed by atoms with Gasteiger partial charge in [0.2, 0.25) is 10.0 Å². The first-order valence-corrected chi connectivity index (χ1v) is 11.0. The summed E-state index contributed by atoms with van der Waals surface area (Å²) in [5.74, 6) is -0.120. The van der Waals surface area contributed by atoms with E-state index in [0.29, 0.717) is 16.9 Å². The molecule has 1 fully saturated rings. The molecule has 0 bridgehead atoms. The molecular formula is C18H28N2O4S2. The summed E-state index contributed by atoms with van der Waals surface area (Å²) < 4.78 is 27.8. The van der Waals surface area contributed by atoms with E-state index in [4.69, 9.17) is 0 Å². The number of benzene rings is 1. The van der Waals surface area contributed by atoms with Crippen molar-refractivity contribution >= 4 is 27.7 Å². The van der Waals surface area contributed by atoms with Crippen molar-refractivity contribution in [1.29, 1.82) is 0 Å². The third kappa shape index (κ3) is 3.28. The van der Waals surface area contributed by atoms with Gasteiger partial charge in [0.25, 0.3) is 5.91 Å². The van der Waals surface area contributed by atoms with E-state index in [1.165, 1.54) is 16.1 Å². The summed E-state index contributed by atoms with van der Waals surface area (Å²) >= 11 is 1.53. The first-order valence-electron chi connectivity index (χ1n) is 8.54. The summed E-state index contributed by atoms with van der Waals surface area (Å²) in [5.41, 5.74) is 6.04. The van der Waals surface area contributed by atoms with Crippen LogP contribution >= 0.6 is 11.8 Å². The molecule has 0 unspecified atom stereocenters. The quantitative estimate of drug-likeness (QED) is 0.602. The fourth-order valence-corrected chi connectivity index (χ4v) is 7.36. The van der Waals surface area contributed by atoms with Crippen LogP contribution in [0.3, 0.4) is 0 Å². The van der Waals surface area contributed by atoms with Gasteiger partial charge < -0.3 is 0 Å². The van der Waals surface area contributed by atoms with Crippen molar-refractivity contribution < 1.29 is 18.4 Å². The molecule has 1 aromatic carbocycles. The number of hydrogen-bond donors (Lipinski definition) is 2. The largest absolute Gasteiger partial charge is 0.289 e. The molecule has 2 N–H and O–H groups in total. The Labute approximate surface area is 160 Å². The van der Waals surface area contributed by atoms with Crippen LogP contribution in [0, 0.1) is 34.6 Å². The molecular weight excluding hydrogens is 372 g/mol. The summed E-state index contributed by atoms with van der Waals surface area (Å²) in [6.45, 7) is 13.3. The smallest absolute Gasteiger partial charge is 0.263 e. The third-order valence-corrected chi connectivity index (χ3v) is 9.08. The van der Waals surface area contributed by atoms with Gasteiger partial charge in [-0.05, 0) is 76.3 Å². The van der Waals surface area contributed by atoms with Crippen molar-refractivity contribution in [2.24, 2.45) is 0 Å². The minimum Gasteiger partial charge on any atom is -0.289 e. The standard InChI is InChI=1S/C18H28N2O4S2/c1-10-11(2)13(4)15(14(5)12(10)3)26(23,24)20-8-9-25-18(6,7)16(20)17(21)19-22/h16,22H,8-9H2,1-7H3,(H,19,21)/t16-/m0/s1. The minimum atomic E-state index is -3.91. The Kier molecular flexibility index (Phi) is 5.83. The number of hydrogen-bond acceptors (Lipinski definition) is 5. The van der Waals surface area contributed by atoms with Gasteiger partial charge in [-0.3, -0.25) is 10.0 Å². The number of amides is 1. The van der Waals surface area contributed by atoms with Gasteiger partial charge in [0.05, 0.1) is 4.90 Å². The van der Waals surface area contributed by atoms with Crippen LogP contribution in [-0.2, 0) is 14.8 Å². The van der Waals surface area contributed by atoms with Crippen molar-refractivity contribution in [3.8, 4) is 0 Å². The van der Waals surface area contributed by atoms with E-state index in [0.717, 1.165) is 16.7 Å². The maximum atomic E-state index is 13.6. The van der Waals surface area contributed by atoms with E-state index in [2.05, 4.69) is 0 Å². The van der Waals surface area contributed by atoms with Crippen LogP contribution in [0.5, 0.6) is 0 Å². The molecule has 1 aliphatic rings. The van der Waals surface area contributed by atoms with E-state index in [-0.39, 0.29) is 11.4 Å². The van der Waals surface area contributed by atoms with Gasteiger partial charge in [0.15, 0.2) is 0 Å². The highest BCUT2D eigenvalue weighted by atomic mass is 32.2. The van der Waals surface area contributed by atoms with E-state index >= 15 is 0 Å². The fraction of sp³-hybridized carbons (Fsp3) is 0.611. The Morgan fingerprint density at radius 1 is 1.08 bits per heavy atom. The molecule has 1 heterocycles. The maximum absolute atomic E-state index is 13.6. The fourth-order valence-electron chi connectivity index (χ4n) is 3.69. The minimum absolute atomic E-state index is 0.222. The first kappa shape index (κ1) is 21.2. The molecule has 0 aliphatic carbocycles. The molecule has 1 saturated heterocycles. The predicted octanol–water partition coefficient (Wildman–Crippen LogP) is 2.62. The highest BCUT2D eigenvalue weighted by molar-refractivity contribution is 8.01. The Bertz CT molecular complexity index is 818. The monoisotopic (exact) mass is 400 g/mol. The van der Waals surface area contributed by atoms with Crippen LogP contribution < -0.4 is 5.48 Å². The zero-order valence-electron chi connectivity index (χ0n) is 16.4. The average molecular weight is 401 g/mol. The molecule has 0 saturated carbocycles. The summed E-state index contributed by atoms with van der Waals surface area (Å²) in [4.78, 5) is 12.6. The lowest BCUT2D eigenvalue weighted by Gasteiger charge is -2.43. The Balaban J connectivity index is 2.72. The lowest BCUT2D eigenvalue weighted by Crippen LogP contribution is -2.61. The molecule has 1 aliphatic heterocycles. The van der Waals surface area contributed by atoms with Gasteiger partial charge in [-0.1, -0.05) is 0 Å². The highest BCUT2D eigenvalue weighted by Gasteiger charge is 2.49. The molecule has 26 heavy (non-hydrogen) atoms. The second-order valence-electron chi connectivity index (χ2n) is 7.40. The number of sulfonamides is 1. The van der Waals surface area contributed by atoms with Gasteiger partial charge in [0.1, 0.15) is 6.04 Å². The van der Waals surface area contributed by atoms with Crippen molar-refractivity contribution in [3.63, 3.8) is 0 Å². The number of rotatable bonds is 3. The van der Waals surface area contributed by atoms with Crippen molar-refractivity contribution in [2.75, 3.05) is 12.3 Å². The average Bonchev–Trinajstić information content (AvgIpc) is 2.56. The van der Waals surface area contributed by atoms with Crippen LogP contribution in [0.15, 0.2) is 4.90 Å². The molecule has 0 aromatic heterocycles. The SMILES string of the molecule is Cc1c(C)c(C)c(S(=O)(=O)N2CCSC(C)(C)[C@@H]2C(=O)NO)c(C)c1C. The van der Waals surface area contributed by atoms with Crippen molar-refractivity contribution in [1.82, 2.24) is 9.79 Å². The van der Waals surface area contributed by atoms with Crippen LogP contribution in [-0.4, -0.2) is 46.9 Å². The molecule has 6 nitrogen and oxygen atoms in total. The predicted molar refractivity (Wildman–Crippen MR) is 104 cm³/mol. The van der Waals surface area contributed by atoms with E-state index in [1.54, 1.807) is 5.48 Å². The molecule has 146 valence electrons. The lowest BCUT2D eigenvalue weighted by molar-refractivity contribution is -0.134. The van der Waals surface area contributed by atoms with E-state index < -0.39 is 26.7 Å². The summed E-state index contributed by atoms with van der Waals surface area (Å²) in [5, 5.41) is 9.18. The van der Waals surface area contributed by atoms with Gasteiger partial charge in [-0.15, -0.1) is 0 Å². The molecule has 1 amide bonds. The summed E-state index contributed by atoms with van der Waals surface area (Å²) in [6, 6.07) is -0.989. The van der Waals surface area contributed by atoms with Gasteiger partial charge >= 0.3 is 0 Å². The number of carbonyl (C=O) groups excluding carboxylic acids is 1. The molecule has 0 radical (unpaired) electrons. The number of hydroxylamine groups is 1. The number of nitrogens with one attached hydrogen (secondary N) is 1. The van der Waals surface area contributed by atoms with Crippen LogP contribution in [0.2, 0.25) is 0 Å². The molecule has 8 heteroatoms. The highest BCUT2D eigenvalue weighted by Crippen LogP contribution is 2.40. The second-order valence-corrected chi connectivity index (χ2v) is 11.0. The van der Waals surface area contributed by atoms with Crippen molar-refractivity contribution in [2.45, 2.75) is 64.2 Å². The third-order valence-electron chi connectivity index (χ3n) is 5.59. The van der Waals surface area contributed by atoms with E-state index in [9.17, 15) is 18.4 Å². The van der Waals surface area contributed by atoms with E-state index in [1.807, 2.05) is 48.5 Å². The second kappa shape index (κ2) is 7.14. The van der Waals surface area contributed by atoms with Crippen LogP contribution in [0.25, 0.3) is 0 Å².